The zero-order chi connectivity index (χ0) is 20.8. The molecule has 0 aromatic heterocycles. The summed E-state index contributed by atoms with van der Waals surface area (Å²) < 4.78 is 5.11. The highest BCUT2D eigenvalue weighted by atomic mass is 32.1. The molecule has 0 aliphatic carbocycles. The highest BCUT2D eigenvalue weighted by Gasteiger charge is 2.24. The van der Waals surface area contributed by atoms with Gasteiger partial charge in [-0.05, 0) is 75.2 Å². The predicted octanol–water partition coefficient (Wildman–Crippen LogP) is 4.30. The molecule has 6 heteroatoms. The van der Waals surface area contributed by atoms with Crippen LogP contribution in [0.1, 0.15) is 41.8 Å². The third-order valence-corrected chi connectivity index (χ3v) is 5.53. The maximum atomic E-state index is 12.1. The van der Waals surface area contributed by atoms with Crippen molar-refractivity contribution in [2.75, 3.05) is 29.9 Å². The lowest BCUT2D eigenvalue weighted by atomic mass is 10.1. The van der Waals surface area contributed by atoms with Crippen LogP contribution in [0.2, 0.25) is 0 Å². The van der Waals surface area contributed by atoms with Crippen molar-refractivity contribution in [3.8, 4) is 0 Å². The molecule has 1 aliphatic heterocycles. The minimum Gasteiger partial charge on any atom is -0.462 e. The molecule has 0 unspecified atom stereocenters. The fraction of sp³-hybridized carbons (Fsp3) is 0.391. The van der Waals surface area contributed by atoms with Crippen molar-refractivity contribution in [1.82, 2.24) is 5.32 Å². The first kappa shape index (κ1) is 21.1. The van der Waals surface area contributed by atoms with E-state index >= 15 is 0 Å². The minimum absolute atomic E-state index is 0.312. The maximum Gasteiger partial charge on any atom is 0.338 e. The number of fused-ring (bicyclic) bond motifs is 1. The van der Waals surface area contributed by atoms with Gasteiger partial charge in [-0.25, -0.2) is 4.79 Å². The molecule has 2 N–H and O–H groups in total. The lowest BCUT2D eigenvalue weighted by molar-refractivity contribution is 0.0525. The molecule has 2 aromatic rings. The number of nitrogens with one attached hydrogen (secondary N) is 2. The molecule has 0 radical (unpaired) electrons. The number of hydrogen-bond acceptors (Lipinski definition) is 4. The van der Waals surface area contributed by atoms with Gasteiger partial charge < -0.3 is 20.3 Å². The number of hydrogen-bond donors (Lipinski definition) is 2. The third kappa shape index (κ3) is 5.07. The number of para-hydroxylation sites is 1. The molecule has 1 aliphatic rings. The Morgan fingerprint density at radius 1 is 1.24 bits per heavy atom. The SMILES string of the molecule is CCOC(=O)c1cccc(NC(=S)NCCCN2c3ccccc3C[C@H]2C)c1C. The van der Waals surface area contributed by atoms with Crippen molar-refractivity contribution in [2.45, 2.75) is 39.7 Å². The largest absolute Gasteiger partial charge is 0.462 e. The summed E-state index contributed by atoms with van der Waals surface area (Å²) in [7, 11) is 0. The summed E-state index contributed by atoms with van der Waals surface area (Å²) in [5.74, 6) is -0.312. The number of nitrogens with zero attached hydrogens (tertiary/aromatic N) is 1. The maximum absolute atomic E-state index is 12.1. The Labute approximate surface area is 178 Å². The molecule has 5 nitrogen and oxygen atoms in total. The van der Waals surface area contributed by atoms with Gasteiger partial charge in [0.05, 0.1) is 12.2 Å². The van der Waals surface area contributed by atoms with E-state index in [2.05, 4.69) is 46.7 Å². The summed E-state index contributed by atoms with van der Waals surface area (Å²) in [6.07, 6.45) is 2.10. The van der Waals surface area contributed by atoms with E-state index < -0.39 is 0 Å². The molecule has 1 atom stereocenters. The van der Waals surface area contributed by atoms with Crippen LogP contribution in [0.25, 0.3) is 0 Å². The van der Waals surface area contributed by atoms with E-state index in [9.17, 15) is 4.79 Å². The smallest absolute Gasteiger partial charge is 0.338 e. The predicted molar refractivity (Wildman–Crippen MR) is 123 cm³/mol. The van der Waals surface area contributed by atoms with E-state index in [1.807, 2.05) is 19.1 Å². The van der Waals surface area contributed by atoms with Gasteiger partial charge in [0.2, 0.25) is 0 Å². The van der Waals surface area contributed by atoms with Gasteiger partial charge in [-0.1, -0.05) is 24.3 Å². The average molecular weight is 412 g/mol. The second-order valence-electron chi connectivity index (χ2n) is 7.31. The molecule has 2 aromatic carbocycles. The van der Waals surface area contributed by atoms with Gasteiger partial charge in [-0.3, -0.25) is 0 Å². The summed E-state index contributed by atoms with van der Waals surface area (Å²) in [6, 6.07) is 14.7. The zero-order valence-electron chi connectivity index (χ0n) is 17.3. The third-order valence-electron chi connectivity index (χ3n) is 5.29. The first-order chi connectivity index (χ1) is 14.0. The van der Waals surface area contributed by atoms with Crippen molar-refractivity contribution in [1.29, 1.82) is 0 Å². The monoisotopic (exact) mass is 411 g/mol. The molecule has 0 amide bonds. The van der Waals surface area contributed by atoms with Crippen LogP contribution in [0.4, 0.5) is 11.4 Å². The van der Waals surface area contributed by atoms with Gasteiger partial charge in [-0.2, -0.15) is 0 Å². The van der Waals surface area contributed by atoms with Crippen LogP contribution >= 0.6 is 12.2 Å². The highest BCUT2D eigenvalue weighted by molar-refractivity contribution is 7.80. The number of carbonyl (C=O) groups is 1. The normalized spacial score (nSPS) is 15.0. The number of esters is 1. The van der Waals surface area contributed by atoms with Crippen molar-refractivity contribution in [3.05, 3.63) is 59.2 Å². The molecular weight excluding hydrogens is 382 g/mol. The quantitative estimate of drug-likeness (QED) is 0.403. The Bertz CT molecular complexity index is 884. The second kappa shape index (κ2) is 9.74. The van der Waals surface area contributed by atoms with E-state index in [0.29, 0.717) is 23.3 Å². The van der Waals surface area contributed by atoms with Gasteiger partial charge in [-0.15, -0.1) is 0 Å². The molecule has 0 spiro atoms. The summed E-state index contributed by atoms with van der Waals surface area (Å²) in [5.41, 5.74) is 4.99. The first-order valence-electron chi connectivity index (χ1n) is 10.2. The fourth-order valence-electron chi connectivity index (χ4n) is 3.79. The molecule has 29 heavy (non-hydrogen) atoms. The Hall–Kier alpha value is -2.60. The fourth-order valence-corrected chi connectivity index (χ4v) is 4.00. The number of anilines is 2. The van der Waals surface area contributed by atoms with E-state index in [0.717, 1.165) is 37.2 Å². The van der Waals surface area contributed by atoms with Gasteiger partial charge >= 0.3 is 5.97 Å². The lowest BCUT2D eigenvalue weighted by Gasteiger charge is -2.25. The Balaban J connectivity index is 1.49. The average Bonchev–Trinajstić information content (AvgIpc) is 3.02. The van der Waals surface area contributed by atoms with Gasteiger partial charge in [0, 0.05) is 30.5 Å². The number of carbonyl (C=O) groups excluding carboxylic acids is 1. The van der Waals surface area contributed by atoms with Crippen LogP contribution in [0, 0.1) is 6.92 Å². The highest BCUT2D eigenvalue weighted by Crippen LogP contribution is 2.31. The number of thiocarbonyl (C=S) groups is 1. The van der Waals surface area contributed by atoms with Gasteiger partial charge in [0.15, 0.2) is 5.11 Å². The van der Waals surface area contributed by atoms with Crippen molar-refractivity contribution in [2.24, 2.45) is 0 Å². The first-order valence-corrected chi connectivity index (χ1v) is 10.6. The van der Waals surface area contributed by atoms with E-state index in [1.54, 1.807) is 13.0 Å². The molecule has 0 saturated carbocycles. The molecule has 0 saturated heterocycles. The van der Waals surface area contributed by atoms with Crippen LogP contribution in [0.3, 0.4) is 0 Å². The van der Waals surface area contributed by atoms with E-state index in [4.69, 9.17) is 17.0 Å². The van der Waals surface area contributed by atoms with Crippen LogP contribution in [-0.4, -0.2) is 36.8 Å². The van der Waals surface area contributed by atoms with Crippen molar-refractivity contribution < 1.29 is 9.53 Å². The molecular formula is C23H29N3O2S. The van der Waals surface area contributed by atoms with Gasteiger partial charge in [0.25, 0.3) is 0 Å². The molecule has 0 bridgehead atoms. The van der Waals surface area contributed by atoms with Crippen LogP contribution in [-0.2, 0) is 11.2 Å². The molecule has 3 rings (SSSR count). The number of ether oxygens (including phenoxy) is 1. The van der Waals surface area contributed by atoms with Gasteiger partial charge in [0.1, 0.15) is 0 Å². The number of rotatable bonds is 7. The lowest BCUT2D eigenvalue weighted by Crippen LogP contribution is -2.34. The Kier molecular flexibility index (Phi) is 7.09. The van der Waals surface area contributed by atoms with Crippen molar-refractivity contribution >= 4 is 34.7 Å². The minimum atomic E-state index is -0.312. The summed E-state index contributed by atoms with van der Waals surface area (Å²) >= 11 is 5.44. The van der Waals surface area contributed by atoms with Crippen molar-refractivity contribution in [3.63, 3.8) is 0 Å². The Morgan fingerprint density at radius 2 is 2.03 bits per heavy atom. The number of benzene rings is 2. The summed E-state index contributed by atoms with van der Waals surface area (Å²) in [5, 5.41) is 7.03. The van der Waals surface area contributed by atoms with Crippen LogP contribution < -0.4 is 15.5 Å². The summed E-state index contributed by atoms with van der Waals surface area (Å²) in [4.78, 5) is 14.5. The molecule has 1 heterocycles. The Morgan fingerprint density at radius 3 is 2.83 bits per heavy atom. The second-order valence-corrected chi connectivity index (χ2v) is 7.72. The topological polar surface area (TPSA) is 53.6 Å². The summed E-state index contributed by atoms with van der Waals surface area (Å²) in [6.45, 7) is 8.10. The van der Waals surface area contributed by atoms with Crippen LogP contribution in [0.15, 0.2) is 42.5 Å². The zero-order valence-corrected chi connectivity index (χ0v) is 18.1. The van der Waals surface area contributed by atoms with E-state index in [1.165, 1.54) is 11.3 Å². The molecule has 0 fully saturated rings. The van der Waals surface area contributed by atoms with Crippen LogP contribution in [0.5, 0.6) is 0 Å². The molecule has 154 valence electrons. The van der Waals surface area contributed by atoms with E-state index in [-0.39, 0.29) is 5.97 Å². The standard InChI is InChI=1S/C23H29N3O2S/c1-4-28-22(27)19-10-7-11-20(17(19)3)25-23(29)24-13-8-14-26-16(2)15-18-9-5-6-12-21(18)26/h5-7,9-12,16H,4,8,13-15H2,1-3H3,(H2,24,25,29)/t16-/m1/s1.